The van der Waals surface area contributed by atoms with Gasteiger partial charge in [0.2, 0.25) is 5.13 Å². The third kappa shape index (κ3) is 4.20. The molecule has 9 heteroatoms. The molecule has 0 radical (unpaired) electrons. The van der Waals surface area contributed by atoms with Crippen LogP contribution < -0.4 is 10.3 Å². The third-order valence-electron chi connectivity index (χ3n) is 5.70. The maximum atomic E-state index is 13.8. The highest BCUT2D eigenvalue weighted by atomic mass is 32.1. The van der Waals surface area contributed by atoms with Crippen LogP contribution in [0.15, 0.2) is 82.6 Å². The molecule has 0 unspecified atom stereocenters. The fourth-order valence-corrected chi connectivity index (χ4v) is 4.85. The van der Waals surface area contributed by atoms with Gasteiger partial charge in [-0.1, -0.05) is 35.6 Å². The van der Waals surface area contributed by atoms with Crippen molar-refractivity contribution in [1.82, 2.24) is 14.8 Å². The predicted molar refractivity (Wildman–Crippen MR) is 141 cm³/mol. The lowest BCUT2D eigenvalue weighted by Crippen LogP contribution is -2.19. The van der Waals surface area contributed by atoms with E-state index in [0.29, 0.717) is 39.1 Å². The van der Waals surface area contributed by atoms with E-state index in [-0.39, 0.29) is 5.56 Å². The van der Waals surface area contributed by atoms with Crippen molar-refractivity contribution in [2.24, 2.45) is 4.99 Å². The van der Waals surface area contributed by atoms with Gasteiger partial charge < -0.3 is 9.47 Å². The molecular weight excluding hydrogens is 476 g/mol. The first-order valence-corrected chi connectivity index (χ1v) is 11.9. The van der Waals surface area contributed by atoms with Gasteiger partial charge in [0.05, 0.1) is 52.7 Å². The zero-order valence-corrected chi connectivity index (χ0v) is 20.6. The Balaban J connectivity index is 1.71. The molecule has 0 aliphatic carbocycles. The number of benzene rings is 3. The molecule has 8 nitrogen and oxygen atoms in total. The zero-order chi connectivity index (χ0) is 25.2. The summed E-state index contributed by atoms with van der Waals surface area (Å²) in [6, 6.07) is 22.0. The number of fused-ring (bicyclic) bond motifs is 1. The van der Waals surface area contributed by atoms with E-state index in [1.54, 1.807) is 38.3 Å². The molecular formula is C27H22N4O4S. The van der Waals surface area contributed by atoms with Gasteiger partial charge in [-0.2, -0.15) is 4.68 Å². The molecule has 180 valence electrons. The fraction of sp³-hybridized carbons (Fsp3) is 0.111. The van der Waals surface area contributed by atoms with E-state index in [9.17, 15) is 9.59 Å². The second-order valence-corrected chi connectivity index (χ2v) is 8.91. The number of nitrogens with zero attached hydrogens (tertiary/aromatic N) is 3. The van der Waals surface area contributed by atoms with Crippen LogP contribution in [0.3, 0.4) is 0 Å². The quantitative estimate of drug-likeness (QED) is 0.250. The van der Waals surface area contributed by atoms with Gasteiger partial charge in [0, 0.05) is 5.56 Å². The number of H-pyrrole nitrogens is 1. The highest BCUT2D eigenvalue weighted by Crippen LogP contribution is 2.28. The van der Waals surface area contributed by atoms with Crippen molar-refractivity contribution in [3.8, 4) is 22.1 Å². The van der Waals surface area contributed by atoms with Gasteiger partial charge in [-0.25, -0.2) is 9.78 Å². The van der Waals surface area contributed by atoms with Gasteiger partial charge in [0.25, 0.3) is 5.56 Å². The number of nitrogens with one attached hydrogen (secondary N) is 1. The average molecular weight is 499 g/mol. The Morgan fingerprint density at radius 1 is 1.00 bits per heavy atom. The standard InChI is InChI=1S/C27H22N4O4S/c1-16(28-20-9-5-4-8-19(20)26(33)35-3)23-24(17-12-14-18(34-2)15-13-17)30-31(25(23)32)27-29-21-10-6-7-11-22(21)36-27/h4-15,30H,1-3H3. The van der Waals surface area contributed by atoms with Crippen molar-refractivity contribution in [2.45, 2.75) is 6.92 Å². The van der Waals surface area contributed by atoms with E-state index in [1.807, 2.05) is 48.5 Å². The first kappa shape index (κ1) is 23.3. The highest BCUT2D eigenvalue weighted by Gasteiger charge is 2.22. The van der Waals surface area contributed by atoms with Crippen LogP contribution in [0.2, 0.25) is 0 Å². The molecule has 0 amide bonds. The topological polar surface area (TPSA) is 98.6 Å². The number of ether oxygens (including phenoxy) is 2. The Labute approximate surface area is 210 Å². The molecule has 0 bridgehead atoms. The normalized spacial score (nSPS) is 11.6. The molecule has 5 aromatic rings. The van der Waals surface area contributed by atoms with Gasteiger partial charge in [0.15, 0.2) is 0 Å². The molecule has 0 saturated heterocycles. The number of hydrogen-bond donors (Lipinski definition) is 1. The van der Waals surface area contributed by atoms with E-state index in [0.717, 1.165) is 15.8 Å². The summed E-state index contributed by atoms with van der Waals surface area (Å²) in [5, 5.41) is 3.75. The van der Waals surface area contributed by atoms with Gasteiger partial charge >= 0.3 is 5.97 Å². The van der Waals surface area contributed by atoms with Gasteiger partial charge in [-0.05, 0) is 55.5 Å². The molecule has 0 saturated carbocycles. The molecule has 2 aromatic heterocycles. The summed E-state index contributed by atoms with van der Waals surface area (Å²) in [5.74, 6) is 0.198. The summed E-state index contributed by atoms with van der Waals surface area (Å²) < 4.78 is 12.6. The van der Waals surface area contributed by atoms with Crippen molar-refractivity contribution in [2.75, 3.05) is 14.2 Å². The Bertz CT molecular complexity index is 1630. The molecule has 0 aliphatic heterocycles. The van der Waals surface area contributed by atoms with Crippen molar-refractivity contribution in [1.29, 1.82) is 0 Å². The molecule has 36 heavy (non-hydrogen) atoms. The largest absolute Gasteiger partial charge is 0.497 e. The molecule has 0 atom stereocenters. The smallest absolute Gasteiger partial charge is 0.340 e. The monoisotopic (exact) mass is 498 g/mol. The van der Waals surface area contributed by atoms with Crippen LogP contribution in [0.5, 0.6) is 5.75 Å². The highest BCUT2D eigenvalue weighted by molar-refractivity contribution is 7.20. The number of thiazole rings is 1. The Morgan fingerprint density at radius 3 is 2.44 bits per heavy atom. The van der Waals surface area contributed by atoms with E-state index < -0.39 is 5.97 Å². The summed E-state index contributed by atoms with van der Waals surface area (Å²) in [6.07, 6.45) is 0. The number of methoxy groups -OCH3 is 2. The maximum absolute atomic E-state index is 13.8. The summed E-state index contributed by atoms with van der Waals surface area (Å²) in [6.45, 7) is 1.74. The molecule has 3 aromatic carbocycles. The van der Waals surface area contributed by atoms with E-state index >= 15 is 0 Å². The maximum Gasteiger partial charge on any atom is 0.340 e. The minimum Gasteiger partial charge on any atom is -0.497 e. The number of para-hydroxylation sites is 2. The first-order chi connectivity index (χ1) is 17.5. The van der Waals surface area contributed by atoms with Crippen molar-refractivity contribution >= 4 is 38.9 Å². The number of carbonyl (C=O) groups excluding carboxylic acids is 1. The Kier molecular flexibility index (Phi) is 6.22. The number of esters is 1. The van der Waals surface area contributed by atoms with Crippen LogP contribution >= 0.6 is 11.3 Å². The average Bonchev–Trinajstić information content (AvgIpc) is 3.49. The van der Waals surface area contributed by atoms with Crippen LogP contribution in [-0.2, 0) is 4.74 Å². The Hall–Kier alpha value is -4.50. The SMILES string of the molecule is COC(=O)c1ccccc1N=C(C)c1c(-c2ccc(OC)cc2)[nH]n(-c2nc3ccccc3s2)c1=O. The molecule has 0 fully saturated rings. The second-order valence-electron chi connectivity index (χ2n) is 7.90. The third-order valence-corrected chi connectivity index (χ3v) is 6.72. The lowest BCUT2D eigenvalue weighted by Gasteiger charge is -2.06. The van der Waals surface area contributed by atoms with Crippen LogP contribution in [0.4, 0.5) is 5.69 Å². The minimum atomic E-state index is -0.501. The van der Waals surface area contributed by atoms with Crippen LogP contribution in [-0.4, -0.2) is 40.7 Å². The predicted octanol–water partition coefficient (Wildman–Crippen LogP) is 5.38. The molecule has 1 N–H and O–H groups in total. The number of aromatic amines is 1. The summed E-state index contributed by atoms with van der Waals surface area (Å²) >= 11 is 1.41. The zero-order valence-electron chi connectivity index (χ0n) is 19.8. The lowest BCUT2D eigenvalue weighted by molar-refractivity contribution is 0.0601. The number of hydrogen-bond acceptors (Lipinski definition) is 7. The van der Waals surface area contributed by atoms with Gasteiger partial charge in [0.1, 0.15) is 5.75 Å². The fourth-order valence-electron chi connectivity index (χ4n) is 3.92. The van der Waals surface area contributed by atoms with E-state index in [1.165, 1.54) is 23.1 Å². The van der Waals surface area contributed by atoms with Crippen LogP contribution in [0.1, 0.15) is 22.8 Å². The summed E-state index contributed by atoms with van der Waals surface area (Å²) in [5.41, 5.74) is 3.41. The lowest BCUT2D eigenvalue weighted by atomic mass is 10.0. The van der Waals surface area contributed by atoms with E-state index in [4.69, 9.17) is 9.47 Å². The number of aromatic nitrogens is 3. The summed E-state index contributed by atoms with van der Waals surface area (Å²) in [7, 11) is 2.92. The van der Waals surface area contributed by atoms with Crippen molar-refractivity contribution < 1.29 is 14.3 Å². The first-order valence-electron chi connectivity index (χ1n) is 11.1. The molecule has 0 spiro atoms. The van der Waals surface area contributed by atoms with Crippen LogP contribution in [0.25, 0.3) is 26.6 Å². The minimum absolute atomic E-state index is 0.295. The van der Waals surface area contributed by atoms with Gasteiger partial charge in [-0.3, -0.25) is 14.9 Å². The van der Waals surface area contributed by atoms with Crippen molar-refractivity contribution in [3.63, 3.8) is 0 Å². The summed E-state index contributed by atoms with van der Waals surface area (Å²) in [4.78, 5) is 35.3. The van der Waals surface area contributed by atoms with Crippen LogP contribution in [0, 0.1) is 0 Å². The molecule has 0 aliphatic rings. The number of aliphatic imine (C=N–C) groups is 1. The molecule has 5 rings (SSSR count). The number of rotatable bonds is 6. The number of carbonyl (C=O) groups is 1. The van der Waals surface area contributed by atoms with Crippen molar-refractivity contribution in [3.05, 3.63) is 94.3 Å². The molecule has 2 heterocycles. The second kappa shape index (κ2) is 9.63. The van der Waals surface area contributed by atoms with Gasteiger partial charge in [-0.15, -0.1) is 0 Å². The Morgan fingerprint density at radius 2 is 1.72 bits per heavy atom. The van der Waals surface area contributed by atoms with E-state index in [2.05, 4.69) is 15.1 Å².